The fraction of sp³-hybridized carbons (Fsp3) is 0.467. The lowest BCUT2D eigenvalue weighted by Gasteiger charge is -2.19. The average molecular weight is 788 g/mol. The van der Waals surface area contributed by atoms with Gasteiger partial charge in [-0.05, 0) is 73.9 Å². The summed E-state index contributed by atoms with van der Waals surface area (Å²) in [6.45, 7) is 2.13. The van der Waals surface area contributed by atoms with Gasteiger partial charge >= 0.3 is 5.97 Å². The molecule has 0 bridgehead atoms. The molecule has 0 unspecified atom stereocenters. The van der Waals surface area contributed by atoms with Crippen LogP contribution in [0.4, 0.5) is 21.5 Å². The van der Waals surface area contributed by atoms with E-state index in [0.717, 1.165) is 19.3 Å². The van der Waals surface area contributed by atoms with Crippen molar-refractivity contribution in [2.45, 2.75) is 110 Å². The predicted octanol–water partition coefficient (Wildman–Crippen LogP) is 10.2. The molecule has 0 saturated heterocycles. The third-order valence-electron chi connectivity index (χ3n) is 10.1. The first-order chi connectivity index (χ1) is 27.7. The van der Waals surface area contributed by atoms with Crippen molar-refractivity contribution in [3.63, 3.8) is 0 Å². The van der Waals surface area contributed by atoms with Gasteiger partial charge in [-0.3, -0.25) is 19.2 Å². The predicted molar refractivity (Wildman–Crippen MR) is 221 cm³/mol. The summed E-state index contributed by atoms with van der Waals surface area (Å²) in [4.78, 5) is 50.5. The Balaban J connectivity index is 1.27. The second-order valence-corrected chi connectivity index (χ2v) is 14.4. The number of hydrogen-bond donors (Lipinski definition) is 3. The molecule has 1 aliphatic rings. The summed E-state index contributed by atoms with van der Waals surface area (Å²) < 4.78 is 35.9. The van der Waals surface area contributed by atoms with Crippen LogP contribution in [0.5, 0.6) is 17.2 Å². The third-order valence-corrected chi connectivity index (χ3v) is 10.1. The molecule has 0 aliphatic heterocycles. The number of carbonyl (C=O) groups excluding carboxylic acids is 4. The van der Waals surface area contributed by atoms with Crippen molar-refractivity contribution in [2.24, 2.45) is 5.41 Å². The number of halogens is 1. The highest BCUT2D eigenvalue weighted by atomic mass is 19.1. The number of amides is 2. The minimum Gasteiger partial charge on any atom is -0.493 e. The SMILES string of the molecule is CCCCCCCCCCCCCCCC(=O)OCNc1cc(OC)c(OC)cc1/C(=C\C=O)Oc1ccc(NC(=O)C2(C(=O)Nc3ccc(F)cc3)CC2)cc1. The first kappa shape index (κ1) is 44.3. The number of anilines is 3. The van der Waals surface area contributed by atoms with E-state index in [1.807, 2.05) is 0 Å². The number of rotatable bonds is 27. The molecule has 4 rings (SSSR count). The van der Waals surface area contributed by atoms with Gasteiger partial charge in [0.15, 0.2) is 18.2 Å². The van der Waals surface area contributed by atoms with Gasteiger partial charge in [0.2, 0.25) is 11.8 Å². The van der Waals surface area contributed by atoms with Crippen molar-refractivity contribution in [3.05, 3.63) is 78.1 Å². The van der Waals surface area contributed by atoms with Gasteiger partial charge in [0, 0.05) is 35.5 Å². The number of ether oxygens (including phenoxy) is 4. The van der Waals surface area contributed by atoms with Crippen molar-refractivity contribution >= 4 is 46.9 Å². The highest BCUT2D eigenvalue weighted by Crippen LogP contribution is 2.47. The van der Waals surface area contributed by atoms with E-state index in [2.05, 4.69) is 22.9 Å². The minimum atomic E-state index is -1.22. The molecule has 1 fully saturated rings. The number of nitrogens with one attached hydrogen (secondary N) is 3. The smallest absolute Gasteiger partial charge is 0.307 e. The molecule has 1 saturated carbocycles. The van der Waals surface area contributed by atoms with Crippen molar-refractivity contribution in [1.82, 2.24) is 0 Å². The lowest BCUT2D eigenvalue weighted by Crippen LogP contribution is -2.35. The standard InChI is InChI=1S/C45H58FN3O8/c1-4-5-6-7-8-9-10-11-12-13-14-15-16-17-42(51)56-32-47-38-31-41(55-3)40(54-2)30-37(38)39(26-29-50)57-36-24-22-35(23-25-36)49-44(53)45(27-28-45)43(52)48-34-20-18-33(46)19-21-34/h18-26,29-31,47H,4-17,27-28,32H2,1-3H3,(H,48,52)(H,49,53)/b39-26+. The van der Waals surface area contributed by atoms with Gasteiger partial charge in [-0.1, -0.05) is 84.0 Å². The fourth-order valence-corrected chi connectivity index (χ4v) is 6.47. The van der Waals surface area contributed by atoms with Crippen molar-refractivity contribution in [2.75, 3.05) is 36.9 Å². The highest BCUT2D eigenvalue weighted by molar-refractivity contribution is 6.16. The van der Waals surface area contributed by atoms with Gasteiger partial charge in [-0.15, -0.1) is 0 Å². The maximum absolute atomic E-state index is 13.3. The zero-order chi connectivity index (χ0) is 40.9. The Morgan fingerprint density at radius 2 is 1.23 bits per heavy atom. The van der Waals surface area contributed by atoms with E-state index >= 15 is 0 Å². The second-order valence-electron chi connectivity index (χ2n) is 14.4. The van der Waals surface area contributed by atoms with Crippen LogP contribution in [0.3, 0.4) is 0 Å². The molecule has 0 aromatic heterocycles. The molecule has 3 N–H and O–H groups in total. The van der Waals surface area contributed by atoms with Crippen LogP contribution >= 0.6 is 0 Å². The Morgan fingerprint density at radius 3 is 1.74 bits per heavy atom. The molecule has 0 atom stereocenters. The summed E-state index contributed by atoms with van der Waals surface area (Å²) in [5.41, 5.74) is 0.513. The molecule has 308 valence electrons. The summed E-state index contributed by atoms with van der Waals surface area (Å²) in [6, 6.07) is 15.1. The maximum Gasteiger partial charge on any atom is 0.307 e. The number of aldehydes is 1. The van der Waals surface area contributed by atoms with E-state index in [-0.39, 0.29) is 18.5 Å². The van der Waals surface area contributed by atoms with Crippen LogP contribution in [0.1, 0.15) is 115 Å². The number of carbonyl (C=O) groups is 4. The van der Waals surface area contributed by atoms with Crippen LogP contribution < -0.4 is 30.2 Å². The number of methoxy groups -OCH3 is 2. The number of benzene rings is 3. The molecule has 12 heteroatoms. The maximum atomic E-state index is 13.3. The topological polar surface area (TPSA) is 141 Å². The van der Waals surface area contributed by atoms with Gasteiger partial charge in [0.05, 0.1) is 19.9 Å². The van der Waals surface area contributed by atoms with Crippen LogP contribution in [0.25, 0.3) is 5.76 Å². The average Bonchev–Trinajstić information content (AvgIpc) is 4.03. The first-order valence-electron chi connectivity index (χ1n) is 20.2. The summed E-state index contributed by atoms with van der Waals surface area (Å²) in [5.74, 6) is -0.342. The largest absolute Gasteiger partial charge is 0.493 e. The third kappa shape index (κ3) is 14.2. The molecule has 0 spiro atoms. The van der Waals surface area contributed by atoms with E-state index in [1.54, 1.807) is 36.4 Å². The van der Waals surface area contributed by atoms with Crippen LogP contribution in [0, 0.1) is 11.2 Å². The quantitative estimate of drug-likeness (QED) is 0.0131. The second kappa shape index (κ2) is 23.6. The number of unbranched alkanes of at least 4 members (excludes halogenated alkanes) is 12. The van der Waals surface area contributed by atoms with Gasteiger partial charge in [-0.25, -0.2) is 4.39 Å². The van der Waals surface area contributed by atoms with Gasteiger partial charge in [-0.2, -0.15) is 0 Å². The zero-order valence-corrected chi connectivity index (χ0v) is 33.6. The Labute approximate surface area is 336 Å². The van der Waals surface area contributed by atoms with Gasteiger partial charge in [0.1, 0.15) is 29.0 Å². The summed E-state index contributed by atoms with van der Waals surface area (Å²) >= 11 is 0. The fourth-order valence-electron chi connectivity index (χ4n) is 6.47. The summed E-state index contributed by atoms with van der Waals surface area (Å²) in [5, 5.41) is 8.60. The van der Waals surface area contributed by atoms with Crippen LogP contribution in [-0.4, -0.2) is 45.0 Å². The normalized spacial score (nSPS) is 12.9. The van der Waals surface area contributed by atoms with Gasteiger partial charge < -0.3 is 34.9 Å². The van der Waals surface area contributed by atoms with E-state index in [4.69, 9.17) is 18.9 Å². The summed E-state index contributed by atoms with van der Waals surface area (Å²) in [6.07, 6.45) is 18.9. The van der Waals surface area contributed by atoms with Crippen molar-refractivity contribution < 1.29 is 42.5 Å². The molecule has 57 heavy (non-hydrogen) atoms. The van der Waals surface area contributed by atoms with Crippen LogP contribution in [-0.2, 0) is 23.9 Å². The molecule has 3 aromatic carbocycles. The lowest BCUT2D eigenvalue weighted by molar-refractivity contribution is -0.143. The Morgan fingerprint density at radius 1 is 0.719 bits per heavy atom. The molecule has 0 radical (unpaired) electrons. The number of allylic oxidation sites excluding steroid dienone is 1. The van der Waals surface area contributed by atoms with Crippen molar-refractivity contribution in [1.29, 1.82) is 0 Å². The van der Waals surface area contributed by atoms with E-state index < -0.39 is 23.0 Å². The van der Waals surface area contributed by atoms with Crippen LogP contribution in [0.15, 0.2) is 66.7 Å². The number of esters is 1. The van der Waals surface area contributed by atoms with E-state index in [1.165, 1.54) is 109 Å². The molecule has 0 heterocycles. The Kier molecular flexibility index (Phi) is 18.4. The molecular weight excluding hydrogens is 730 g/mol. The minimum absolute atomic E-state index is 0.119. The molecule has 11 nitrogen and oxygen atoms in total. The van der Waals surface area contributed by atoms with Crippen molar-refractivity contribution in [3.8, 4) is 17.2 Å². The molecule has 1 aliphatic carbocycles. The van der Waals surface area contributed by atoms with Crippen LogP contribution in [0.2, 0.25) is 0 Å². The lowest BCUT2D eigenvalue weighted by atomic mass is 10.0. The highest BCUT2D eigenvalue weighted by Gasteiger charge is 2.56. The summed E-state index contributed by atoms with van der Waals surface area (Å²) in [7, 11) is 2.99. The molecular formula is C45H58FN3O8. The Hall–Kier alpha value is -5.39. The molecule has 2 amide bonds. The van der Waals surface area contributed by atoms with Gasteiger partial charge in [0.25, 0.3) is 0 Å². The molecule has 3 aromatic rings. The van der Waals surface area contributed by atoms with E-state index in [9.17, 15) is 23.6 Å². The number of hydrogen-bond acceptors (Lipinski definition) is 9. The zero-order valence-electron chi connectivity index (χ0n) is 33.6. The Bertz CT molecular complexity index is 1770. The monoisotopic (exact) mass is 787 g/mol. The van der Waals surface area contributed by atoms with E-state index in [0.29, 0.717) is 65.4 Å². The first-order valence-corrected chi connectivity index (χ1v) is 20.2.